The predicted molar refractivity (Wildman–Crippen MR) is 156 cm³/mol. The van der Waals surface area contributed by atoms with E-state index in [0.29, 0.717) is 45.3 Å². The third-order valence-corrected chi connectivity index (χ3v) is 8.05. The number of amides is 1. The number of hydrogen-bond donors (Lipinski definition) is 2. The van der Waals surface area contributed by atoms with Crippen molar-refractivity contribution in [2.45, 2.75) is 56.7 Å². The molecule has 1 aliphatic heterocycles. The SMILES string of the molecule is C[C@](O)(CCC(=O)c1ccc(OC2CC2)c(-c2ncccn2)c1)c1cc2c(c(-c3ccc(F)cc3)n1)OC[C@]2(C)C(N)=O. The third-order valence-electron chi connectivity index (χ3n) is 8.05. The summed E-state index contributed by atoms with van der Waals surface area (Å²) in [5.74, 6) is 0.228. The lowest BCUT2D eigenvalue weighted by Gasteiger charge is -2.26. The zero-order chi connectivity index (χ0) is 30.4. The molecule has 0 spiro atoms. The largest absolute Gasteiger partial charge is 0.490 e. The number of benzene rings is 2. The van der Waals surface area contributed by atoms with Gasteiger partial charge in [0.25, 0.3) is 0 Å². The summed E-state index contributed by atoms with van der Waals surface area (Å²) in [4.78, 5) is 39.3. The van der Waals surface area contributed by atoms with E-state index in [1.54, 1.807) is 68.7 Å². The molecule has 0 bridgehead atoms. The number of pyridine rings is 1. The van der Waals surface area contributed by atoms with Crippen LogP contribution in [-0.4, -0.2) is 44.5 Å². The maximum Gasteiger partial charge on any atom is 0.231 e. The standard InChI is InChI=1S/C33H31FN4O5/c1-32(31(35)40)18-42-29-24(32)17-27(38-28(29)19-4-7-21(34)8-5-19)33(2,41)13-12-25(39)20-6-11-26(43-22-9-10-22)23(16-20)30-36-14-3-15-37-30/h3-8,11,14-17,22,41H,9-10,12-13,18H2,1-2H3,(H2,35,40)/t32-,33-/m0/s1. The molecule has 2 aromatic heterocycles. The number of nitrogens with two attached hydrogens (primary N) is 1. The summed E-state index contributed by atoms with van der Waals surface area (Å²) in [5.41, 5.74) is 5.71. The van der Waals surface area contributed by atoms with Crippen molar-refractivity contribution in [3.05, 3.63) is 89.6 Å². The minimum Gasteiger partial charge on any atom is -0.490 e. The van der Waals surface area contributed by atoms with E-state index in [-0.39, 0.29) is 37.0 Å². The second-order valence-corrected chi connectivity index (χ2v) is 11.5. The second kappa shape index (κ2) is 10.9. The van der Waals surface area contributed by atoms with Crippen molar-refractivity contribution in [3.8, 4) is 34.1 Å². The van der Waals surface area contributed by atoms with Gasteiger partial charge in [-0.15, -0.1) is 0 Å². The Kier molecular flexibility index (Phi) is 7.17. The average Bonchev–Trinajstić information content (AvgIpc) is 3.76. The lowest BCUT2D eigenvalue weighted by molar-refractivity contribution is -0.123. The number of ether oxygens (including phenoxy) is 2. The Balaban J connectivity index is 1.30. The summed E-state index contributed by atoms with van der Waals surface area (Å²) in [6.07, 6.45) is 5.41. The van der Waals surface area contributed by atoms with Gasteiger partial charge in [-0.2, -0.15) is 0 Å². The van der Waals surface area contributed by atoms with Crippen molar-refractivity contribution >= 4 is 11.7 Å². The number of Topliss-reactive ketones (excluding diaryl/α,β-unsaturated/α-hetero) is 1. The fraction of sp³-hybridized carbons (Fsp3) is 0.303. The number of carbonyl (C=O) groups is 2. The van der Waals surface area contributed by atoms with Crippen LogP contribution in [0.1, 0.15) is 61.1 Å². The zero-order valence-electron chi connectivity index (χ0n) is 23.8. The second-order valence-electron chi connectivity index (χ2n) is 11.5. The lowest BCUT2D eigenvalue weighted by Crippen LogP contribution is -2.40. The number of nitrogens with zero attached hydrogens (tertiary/aromatic N) is 3. The summed E-state index contributed by atoms with van der Waals surface area (Å²) >= 11 is 0. The molecule has 1 fully saturated rings. The lowest BCUT2D eigenvalue weighted by atomic mass is 9.81. The van der Waals surface area contributed by atoms with Crippen LogP contribution >= 0.6 is 0 Å². The van der Waals surface area contributed by atoms with Crippen LogP contribution in [0.4, 0.5) is 4.39 Å². The molecule has 2 aliphatic rings. The Bertz CT molecular complexity index is 1710. The van der Waals surface area contributed by atoms with Gasteiger partial charge in [0.2, 0.25) is 5.91 Å². The van der Waals surface area contributed by atoms with Crippen molar-refractivity contribution < 1.29 is 28.6 Å². The van der Waals surface area contributed by atoms with E-state index in [2.05, 4.69) is 9.97 Å². The number of carbonyl (C=O) groups excluding carboxylic acids is 2. The molecule has 3 heterocycles. The molecule has 0 unspecified atom stereocenters. The number of hydrogen-bond acceptors (Lipinski definition) is 8. The van der Waals surface area contributed by atoms with Gasteiger partial charge in [0.1, 0.15) is 40.6 Å². The summed E-state index contributed by atoms with van der Waals surface area (Å²) in [5, 5.41) is 11.6. The average molecular weight is 583 g/mol. The first-order valence-electron chi connectivity index (χ1n) is 14.1. The molecule has 2 aromatic carbocycles. The summed E-state index contributed by atoms with van der Waals surface area (Å²) in [6, 6.07) is 14.2. The molecule has 3 N–H and O–H groups in total. The molecule has 0 saturated heterocycles. The minimum atomic E-state index is -1.57. The van der Waals surface area contributed by atoms with Crippen LogP contribution in [0.5, 0.6) is 11.5 Å². The first-order valence-corrected chi connectivity index (χ1v) is 14.1. The number of primary amides is 1. The quantitative estimate of drug-likeness (QED) is 0.252. The van der Waals surface area contributed by atoms with Gasteiger partial charge in [-0.25, -0.2) is 19.3 Å². The summed E-state index contributed by atoms with van der Waals surface area (Å²) in [6.45, 7) is 3.24. The van der Waals surface area contributed by atoms with E-state index < -0.39 is 22.7 Å². The molecule has 10 heteroatoms. The molecular formula is C33H31FN4O5. The highest BCUT2D eigenvalue weighted by Gasteiger charge is 2.45. The first kappa shape index (κ1) is 28.4. The fourth-order valence-electron chi connectivity index (χ4n) is 5.08. The van der Waals surface area contributed by atoms with Crippen LogP contribution in [0, 0.1) is 5.82 Å². The normalized spacial score (nSPS) is 18.8. The Morgan fingerprint density at radius 2 is 1.86 bits per heavy atom. The molecule has 4 aromatic rings. The van der Waals surface area contributed by atoms with Gasteiger partial charge in [-0.3, -0.25) is 9.59 Å². The maximum absolute atomic E-state index is 13.7. The maximum atomic E-state index is 13.7. The third kappa shape index (κ3) is 5.58. The van der Waals surface area contributed by atoms with Crippen LogP contribution in [0.15, 0.2) is 67.0 Å². The molecule has 0 radical (unpaired) electrons. The van der Waals surface area contributed by atoms with Crippen LogP contribution in [0.2, 0.25) is 0 Å². The molecule has 1 saturated carbocycles. The van der Waals surface area contributed by atoms with Crippen LogP contribution in [-0.2, 0) is 15.8 Å². The van der Waals surface area contributed by atoms with Crippen LogP contribution in [0.25, 0.3) is 22.6 Å². The number of aliphatic hydroxyl groups is 1. The van der Waals surface area contributed by atoms with E-state index in [0.717, 1.165) is 12.8 Å². The van der Waals surface area contributed by atoms with Crippen molar-refractivity contribution in [3.63, 3.8) is 0 Å². The molecule has 9 nitrogen and oxygen atoms in total. The predicted octanol–water partition coefficient (Wildman–Crippen LogP) is 4.89. The van der Waals surface area contributed by atoms with E-state index in [1.807, 2.05) is 0 Å². The van der Waals surface area contributed by atoms with Gasteiger partial charge in [0.05, 0.1) is 17.4 Å². The molecule has 2 atom stereocenters. The topological polar surface area (TPSA) is 138 Å². The van der Waals surface area contributed by atoms with Crippen molar-refractivity contribution in [2.75, 3.05) is 6.61 Å². The highest BCUT2D eigenvalue weighted by molar-refractivity contribution is 5.97. The fourth-order valence-corrected chi connectivity index (χ4v) is 5.08. The van der Waals surface area contributed by atoms with Crippen molar-refractivity contribution in [2.24, 2.45) is 5.73 Å². The molecular weight excluding hydrogens is 551 g/mol. The monoisotopic (exact) mass is 582 g/mol. The Labute approximate surface area is 247 Å². The smallest absolute Gasteiger partial charge is 0.231 e. The van der Waals surface area contributed by atoms with E-state index in [9.17, 15) is 19.1 Å². The Morgan fingerprint density at radius 3 is 2.53 bits per heavy atom. The summed E-state index contributed by atoms with van der Waals surface area (Å²) < 4.78 is 25.6. The van der Waals surface area contributed by atoms with E-state index >= 15 is 0 Å². The van der Waals surface area contributed by atoms with Crippen molar-refractivity contribution in [1.29, 1.82) is 0 Å². The number of halogens is 1. The number of fused-ring (bicyclic) bond motifs is 1. The number of ketones is 1. The summed E-state index contributed by atoms with van der Waals surface area (Å²) in [7, 11) is 0. The van der Waals surface area contributed by atoms with E-state index in [4.69, 9.17) is 20.2 Å². The zero-order valence-corrected chi connectivity index (χ0v) is 23.8. The van der Waals surface area contributed by atoms with Gasteiger partial charge in [-0.05, 0) is 87.7 Å². The molecule has 1 amide bonds. The molecule has 43 heavy (non-hydrogen) atoms. The first-order chi connectivity index (χ1) is 20.5. The van der Waals surface area contributed by atoms with Crippen LogP contribution in [0.3, 0.4) is 0 Å². The van der Waals surface area contributed by atoms with Gasteiger partial charge in [-0.1, -0.05) is 0 Å². The number of aromatic nitrogens is 3. The van der Waals surface area contributed by atoms with Gasteiger partial charge in [0, 0.05) is 35.5 Å². The van der Waals surface area contributed by atoms with E-state index in [1.165, 1.54) is 12.1 Å². The van der Waals surface area contributed by atoms with Gasteiger partial charge < -0.3 is 20.3 Å². The molecule has 1 aliphatic carbocycles. The number of rotatable bonds is 10. The Morgan fingerprint density at radius 1 is 1.14 bits per heavy atom. The van der Waals surface area contributed by atoms with Gasteiger partial charge >= 0.3 is 0 Å². The highest BCUT2D eigenvalue weighted by atomic mass is 19.1. The van der Waals surface area contributed by atoms with Crippen LogP contribution < -0.4 is 15.2 Å². The highest BCUT2D eigenvalue weighted by Crippen LogP contribution is 2.46. The molecule has 220 valence electrons. The van der Waals surface area contributed by atoms with Crippen molar-refractivity contribution in [1.82, 2.24) is 15.0 Å². The molecule has 6 rings (SSSR count). The Hall–Kier alpha value is -4.70. The van der Waals surface area contributed by atoms with Gasteiger partial charge in [0.15, 0.2) is 11.6 Å². The minimum absolute atomic E-state index is 0.000844.